The molecule has 0 aromatic carbocycles. The van der Waals surface area contributed by atoms with Crippen molar-refractivity contribution in [3.8, 4) is 0 Å². The van der Waals surface area contributed by atoms with Crippen LogP contribution in [0.15, 0.2) is 0 Å². The van der Waals surface area contributed by atoms with Crippen molar-refractivity contribution in [2.24, 2.45) is 5.92 Å². The molecule has 0 radical (unpaired) electrons. The maximum Gasteiger partial charge on any atom is 0.0431 e. The number of piperidine rings is 1. The Morgan fingerprint density at radius 2 is 2.00 bits per heavy atom. The van der Waals surface area contributed by atoms with E-state index in [1.54, 1.807) is 0 Å². The van der Waals surface area contributed by atoms with E-state index in [1.165, 1.54) is 32.5 Å². The van der Waals surface area contributed by atoms with E-state index in [0.717, 1.165) is 25.3 Å². The first-order valence-electron chi connectivity index (χ1n) is 6.84. The molecule has 0 spiro atoms. The molecule has 3 nitrogen and oxygen atoms in total. The van der Waals surface area contributed by atoms with Crippen LogP contribution in [0.4, 0.5) is 0 Å². The van der Waals surface area contributed by atoms with Gasteiger partial charge in [-0.15, -0.1) is 0 Å². The van der Waals surface area contributed by atoms with E-state index in [2.05, 4.69) is 24.1 Å². The first kappa shape index (κ1) is 13.9. The molecule has 1 rings (SSSR count). The van der Waals surface area contributed by atoms with Crippen molar-refractivity contribution in [2.45, 2.75) is 45.6 Å². The van der Waals surface area contributed by atoms with E-state index in [0.29, 0.717) is 12.6 Å². The van der Waals surface area contributed by atoms with Gasteiger partial charge >= 0.3 is 0 Å². The minimum atomic E-state index is 0.324. The fourth-order valence-corrected chi connectivity index (χ4v) is 2.50. The second-order valence-corrected chi connectivity index (χ2v) is 4.95. The number of aliphatic hydroxyl groups is 1. The van der Waals surface area contributed by atoms with Crippen LogP contribution in [0.2, 0.25) is 0 Å². The third kappa shape index (κ3) is 4.81. The third-order valence-electron chi connectivity index (χ3n) is 3.84. The zero-order chi connectivity index (χ0) is 11.8. The lowest BCUT2D eigenvalue weighted by Gasteiger charge is -2.34. The summed E-state index contributed by atoms with van der Waals surface area (Å²) >= 11 is 0. The van der Waals surface area contributed by atoms with Gasteiger partial charge in [0.25, 0.3) is 0 Å². The summed E-state index contributed by atoms with van der Waals surface area (Å²) in [7, 11) is 0. The van der Waals surface area contributed by atoms with Crippen molar-refractivity contribution >= 4 is 0 Å². The first-order valence-corrected chi connectivity index (χ1v) is 6.84. The number of nitrogens with zero attached hydrogens (tertiary/aromatic N) is 1. The molecular weight excluding hydrogens is 200 g/mol. The van der Waals surface area contributed by atoms with Crippen molar-refractivity contribution in [1.29, 1.82) is 0 Å². The van der Waals surface area contributed by atoms with Gasteiger partial charge in [0.1, 0.15) is 0 Å². The standard InChI is InChI=1S/C13H28N2O/c1-3-15-9-6-13(7-10-15)12(2)14-8-4-5-11-16/h12-14,16H,3-11H2,1-2H3. The van der Waals surface area contributed by atoms with E-state index in [9.17, 15) is 0 Å². The summed E-state index contributed by atoms with van der Waals surface area (Å²) in [6.45, 7) is 9.67. The number of rotatable bonds is 7. The molecule has 1 aliphatic rings. The predicted octanol–water partition coefficient (Wildman–Crippen LogP) is 1.47. The van der Waals surface area contributed by atoms with Crippen LogP contribution in [0.1, 0.15) is 39.5 Å². The average molecular weight is 228 g/mol. The fraction of sp³-hybridized carbons (Fsp3) is 1.00. The minimum absolute atomic E-state index is 0.324. The molecule has 2 N–H and O–H groups in total. The molecule has 1 fully saturated rings. The van der Waals surface area contributed by atoms with E-state index in [1.807, 2.05) is 0 Å². The van der Waals surface area contributed by atoms with Gasteiger partial charge in [0.05, 0.1) is 0 Å². The Morgan fingerprint density at radius 3 is 2.56 bits per heavy atom. The van der Waals surface area contributed by atoms with Gasteiger partial charge in [0, 0.05) is 12.6 Å². The molecule has 96 valence electrons. The molecule has 3 heteroatoms. The maximum atomic E-state index is 8.70. The van der Waals surface area contributed by atoms with E-state index in [4.69, 9.17) is 5.11 Å². The fourth-order valence-electron chi connectivity index (χ4n) is 2.50. The SMILES string of the molecule is CCN1CCC(C(C)NCCCCO)CC1. The molecule has 0 aromatic heterocycles. The summed E-state index contributed by atoms with van der Waals surface area (Å²) in [6, 6.07) is 0.637. The van der Waals surface area contributed by atoms with Crippen LogP contribution >= 0.6 is 0 Å². The number of likely N-dealkylation sites (tertiary alicyclic amines) is 1. The van der Waals surface area contributed by atoms with Crippen LogP contribution in [0.3, 0.4) is 0 Å². The second-order valence-electron chi connectivity index (χ2n) is 4.95. The lowest BCUT2D eigenvalue weighted by atomic mass is 9.90. The third-order valence-corrected chi connectivity index (χ3v) is 3.84. The average Bonchev–Trinajstić information content (AvgIpc) is 2.34. The Bertz CT molecular complexity index is 167. The van der Waals surface area contributed by atoms with Crippen molar-refractivity contribution < 1.29 is 5.11 Å². The Morgan fingerprint density at radius 1 is 1.31 bits per heavy atom. The molecular formula is C13H28N2O. The minimum Gasteiger partial charge on any atom is -0.396 e. The molecule has 1 aliphatic heterocycles. The molecule has 0 aliphatic carbocycles. The highest BCUT2D eigenvalue weighted by Gasteiger charge is 2.22. The quantitative estimate of drug-likeness (QED) is 0.648. The summed E-state index contributed by atoms with van der Waals surface area (Å²) in [5.74, 6) is 0.844. The lowest BCUT2D eigenvalue weighted by Crippen LogP contribution is -2.42. The van der Waals surface area contributed by atoms with Crippen LogP contribution in [0.25, 0.3) is 0 Å². The molecule has 0 saturated carbocycles. The van der Waals surface area contributed by atoms with Crippen LogP contribution in [0.5, 0.6) is 0 Å². The maximum absolute atomic E-state index is 8.70. The molecule has 0 amide bonds. The summed E-state index contributed by atoms with van der Waals surface area (Å²) < 4.78 is 0. The number of aliphatic hydroxyl groups excluding tert-OH is 1. The topological polar surface area (TPSA) is 35.5 Å². The molecule has 0 aromatic rings. The number of hydrogen-bond donors (Lipinski definition) is 2. The van der Waals surface area contributed by atoms with E-state index >= 15 is 0 Å². The van der Waals surface area contributed by atoms with Crippen LogP contribution in [-0.2, 0) is 0 Å². The summed E-state index contributed by atoms with van der Waals surface area (Å²) in [6.07, 6.45) is 4.69. The first-order chi connectivity index (χ1) is 7.77. The van der Waals surface area contributed by atoms with Gasteiger partial charge in [-0.1, -0.05) is 6.92 Å². The van der Waals surface area contributed by atoms with Crippen LogP contribution in [0, 0.1) is 5.92 Å². The summed E-state index contributed by atoms with van der Waals surface area (Å²) in [4.78, 5) is 2.54. The van der Waals surface area contributed by atoms with Gasteiger partial charge in [0.2, 0.25) is 0 Å². The Balaban J connectivity index is 2.10. The van der Waals surface area contributed by atoms with Crippen molar-refractivity contribution in [1.82, 2.24) is 10.2 Å². The van der Waals surface area contributed by atoms with Gasteiger partial charge in [-0.2, -0.15) is 0 Å². The normalized spacial score (nSPS) is 21.2. The lowest BCUT2D eigenvalue weighted by molar-refractivity contribution is 0.168. The van der Waals surface area contributed by atoms with E-state index in [-0.39, 0.29) is 0 Å². The molecule has 16 heavy (non-hydrogen) atoms. The van der Waals surface area contributed by atoms with Crippen LogP contribution in [-0.4, -0.2) is 48.8 Å². The molecule has 1 atom stereocenters. The number of hydrogen-bond acceptors (Lipinski definition) is 3. The van der Waals surface area contributed by atoms with Crippen LogP contribution < -0.4 is 5.32 Å². The largest absolute Gasteiger partial charge is 0.396 e. The van der Waals surface area contributed by atoms with Crippen molar-refractivity contribution in [2.75, 3.05) is 32.8 Å². The van der Waals surface area contributed by atoms with Gasteiger partial charge in [-0.05, 0) is 64.7 Å². The highest BCUT2D eigenvalue weighted by molar-refractivity contribution is 4.79. The zero-order valence-electron chi connectivity index (χ0n) is 10.9. The van der Waals surface area contributed by atoms with Gasteiger partial charge in [-0.3, -0.25) is 0 Å². The predicted molar refractivity (Wildman–Crippen MR) is 68.6 cm³/mol. The summed E-state index contributed by atoms with van der Waals surface area (Å²) in [5.41, 5.74) is 0. The van der Waals surface area contributed by atoms with Gasteiger partial charge < -0.3 is 15.3 Å². The zero-order valence-corrected chi connectivity index (χ0v) is 10.9. The Kier molecular flexibility index (Phi) is 7.01. The highest BCUT2D eigenvalue weighted by Crippen LogP contribution is 2.20. The van der Waals surface area contributed by atoms with Gasteiger partial charge in [0.15, 0.2) is 0 Å². The highest BCUT2D eigenvalue weighted by atomic mass is 16.2. The van der Waals surface area contributed by atoms with Crippen molar-refractivity contribution in [3.05, 3.63) is 0 Å². The number of nitrogens with one attached hydrogen (secondary N) is 1. The Labute approximate surface area is 100 Å². The van der Waals surface area contributed by atoms with E-state index < -0.39 is 0 Å². The second kappa shape index (κ2) is 8.04. The van der Waals surface area contributed by atoms with Gasteiger partial charge in [-0.25, -0.2) is 0 Å². The molecule has 1 saturated heterocycles. The monoisotopic (exact) mass is 228 g/mol. The molecule has 1 heterocycles. The van der Waals surface area contributed by atoms with Crippen molar-refractivity contribution in [3.63, 3.8) is 0 Å². The Hall–Kier alpha value is -0.120. The number of unbranched alkanes of at least 4 members (excludes halogenated alkanes) is 1. The summed E-state index contributed by atoms with van der Waals surface area (Å²) in [5, 5.41) is 12.3. The molecule has 1 unspecified atom stereocenters. The molecule has 0 bridgehead atoms. The smallest absolute Gasteiger partial charge is 0.0431 e.